The molecule has 0 amide bonds. The maximum absolute atomic E-state index is 5.96. The smallest absolute Gasteiger partial charge is 0.105 e. The highest BCUT2D eigenvalue weighted by molar-refractivity contribution is 5.23. The van der Waals surface area contributed by atoms with Gasteiger partial charge in [-0.25, -0.2) is 0 Å². The Morgan fingerprint density at radius 1 is 1.50 bits per heavy atom. The largest absolute Gasteiger partial charge is 0.466 e. The van der Waals surface area contributed by atoms with Crippen LogP contribution in [0.15, 0.2) is 10.5 Å². The van der Waals surface area contributed by atoms with E-state index in [0.29, 0.717) is 6.61 Å². The molecule has 1 heterocycles. The van der Waals surface area contributed by atoms with Crippen molar-refractivity contribution in [3.8, 4) is 0 Å². The minimum atomic E-state index is -0.0704. The van der Waals surface area contributed by atoms with Crippen LogP contribution in [0.25, 0.3) is 0 Å². The minimum Gasteiger partial charge on any atom is -0.466 e. The van der Waals surface area contributed by atoms with Crippen LogP contribution in [0.1, 0.15) is 36.5 Å². The summed E-state index contributed by atoms with van der Waals surface area (Å²) in [5, 5.41) is 0. The first-order valence-electron chi connectivity index (χ1n) is 5.05. The highest BCUT2D eigenvalue weighted by Gasteiger charge is 2.12. The highest BCUT2D eigenvalue weighted by Crippen LogP contribution is 2.19. The zero-order valence-corrected chi connectivity index (χ0v) is 9.17. The van der Waals surface area contributed by atoms with Crippen LogP contribution in [-0.4, -0.2) is 13.2 Å². The van der Waals surface area contributed by atoms with Gasteiger partial charge in [0, 0.05) is 12.2 Å². The molecule has 14 heavy (non-hydrogen) atoms. The molecule has 0 aromatic carbocycles. The van der Waals surface area contributed by atoms with Gasteiger partial charge in [-0.1, -0.05) is 6.92 Å². The summed E-state index contributed by atoms with van der Waals surface area (Å²) in [6.07, 6.45) is 1.02. The van der Waals surface area contributed by atoms with Gasteiger partial charge in [-0.3, -0.25) is 0 Å². The second-order valence-corrected chi connectivity index (χ2v) is 3.55. The molecular weight excluding hydrogens is 178 g/mol. The van der Waals surface area contributed by atoms with Crippen molar-refractivity contribution in [3.63, 3.8) is 0 Å². The van der Waals surface area contributed by atoms with E-state index in [4.69, 9.17) is 14.9 Å². The summed E-state index contributed by atoms with van der Waals surface area (Å²) in [4.78, 5) is 0. The number of hydrogen-bond donors (Lipinski definition) is 1. The van der Waals surface area contributed by atoms with Gasteiger partial charge in [0.2, 0.25) is 0 Å². The van der Waals surface area contributed by atoms with Gasteiger partial charge in [-0.05, 0) is 26.3 Å². The van der Waals surface area contributed by atoms with E-state index in [1.54, 1.807) is 0 Å². The molecule has 0 spiro atoms. The van der Waals surface area contributed by atoms with Crippen molar-refractivity contribution in [1.29, 1.82) is 0 Å². The lowest BCUT2D eigenvalue weighted by Gasteiger charge is -2.10. The molecule has 0 fully saturated rings. The standard InChI is InChI=1S/C11H19NO2/c1-4-5-13-7-11(12)10-6-8(2)14-9(10)3/h6,11H,4-5,7,12H2,1-3H3. The van der Waals surface area contributed by atoms with Gasteiger partial charge in [0.05, 0.1) is 12.6 Å². The van der Waals surface area contributed by atoms with E-state index in [2.05, 4.69) is 6.92 Å². The summed E-state index contributed by atoms with van der Waals surface area (Å²) >= 11 is 0. The summed E-state index contributed by atoms with van der Waals surface area (Å²) < 4.78 is 10.8. The molecule has 0 radical (unpaired) electrons. The molecule has 3 nitrogen and oxygen atoms in total. The lowest BCUT2D eigenvalue weighted by Crippen LogP contribution is -2.17. The van der Waals surface area contributed by atoms with Gasteiger partial charge in [0.1, 0.15) is 11.5 Å². The Balaban J connectivity index is 2.51. The first-order chi connectivity index (χ1) is 6.65. The Kier molecular flexibility index (Phi) is 4.17. The minimum absolute atomic E-state index is 0.0704. The third-order valence-electron chi connectivity index (χ3n) is 2.12. The molecule has 1 aromatic rings. The summed E-state index contributed by atoms with van der Waals surface area (Å²) in [6, 6.07) is 1.91. The van der Waals surface area contributed by atoms with Crippen LogP contribution in [0, 0.1) is 13.8 Å². The number of nitrogens with two attached hydrogens (primary N) is 1. The van der Waals surface area contributed by atoms with Gasteiger partial charge < -0.3 is 14.9 Å². The van der Waals surface area contributed by atoms with Crippen molar-refractivity contribution < 1.29 is 9.15 Å². The fourth-order valence-corrected chi connectivity index (χ4v) is 1.46. The van der Waals surface area contributed by atoms with Crippen molar-refractivity contribution in [2.75, 3.05) is 13.2 Å². The Morgan fingerprint density at radius 3 is 2.71 bits per heavy atom. The predicted octanol–water partition coefficient (Wildman–Crippen LogP) is 2.32. The first-order valence-corrected chi connectivity index (χ1v) is 5.05. The molecule has 0 aliphatic carbocycles. The maximum atomic E-state index is 5.96. The SMILES string of the molecule is CCCOCC(N)c1cc(C)oc1C. The Hall–Kier alpha value is -0.800. The lowest BCUT2D eigenvalue weighted by atomic mass is 10.1. The summed E-state index contributed by atoms with van der Waals surface area (Å²) in [6.45, 7) is 7.27. The van der Waals surface area contributed by atoms with Gasteiger partial charge >= 0.3 is 0 Å². The fraction of sp³-hybridized carbons (Fsp3) is 0.636. The molecule has 2 N–H and O–H groups in total. The normalized spacial score (nSPS) is 13.1. The number of aryl methyl sites for hydroxylation is 2. The number of hydrogen-bond acceptors (Lipinski definition) is 3. The quantitative estimate of drug-likeness (QED) is 0.737. The molecule has 0 bridgehead atoms. The topological polar surface area (TPSA) is 48.4 Å². The van der Waals surface area contributed by atoms with E-state index < -0.39 is 0 Å². The average molecular weight is 197 g/mol. The van der Waals surface area contributed by atoms with Crippen LogP contribution in [0.3, 0.4) is 0 Å². The second kappa shape index (κ2) is 5.17. The van der Waals surface area contributed by atoms with Crippen LogP contribution in [0.5, 0.6) is 0 Å². The Bertz CT molecular complexity index is 281. The predicted molar refractivity (Wildman–Crippen MR) is 56.2 cm³/mol. The molecule has 1 aromatic heterocycles. The molecule has 1 rings (SSSR count). The second-order valence-electron chi connectivity index (χ2n) is 3.55. The third-order valence-corrected chi connectivity index (χ3v) is 2.12. The molecule has 0 saturated heterocycles. The van der Waals surface area contributed by atoms with Gasteiger partial charge in [0.15, 0.2) is 0 Å². The molecule has 3 heteroatoms. The Morgan fingerprint density at radius 2 is 2.21 bits per heavy atom. The number of furan rings is 1. The highest BCUT2D eigenvalue weighted by atomic mass is 16.5. The van der Waals surface area contributed by atoms with Crippen LogP contribution < -0.4 is 5.73 Å². The van der Waals surface area contributed by atoms with Crippen LogP contribution in [0.4, 0.5) is 0 Å². The van der Waals surface area contributed by atoms with Gasteiger partial charge in [0.25, 0.3) is 0 Å². The van der Waals surface area contributed by atoms with Crippen molar-refractivity contribution in [2.24, 2.45) is 5.73 Å². The third kappa shape index (κ3) is 2.86. The van der Waals surface area contributed by atoms with E-state index in [1.807, 2.05) is 19.9 Å². The molecule has 0 aliphatic rings. The van der Waals surface area contributed by atoms with Crippen LogP contribution in [-0.2, 0) is 4.74 Å². The van der Waals surface area contributed by atoms with E-state index in [-0.39, 0.29) is 6.04 Å². The first kappa shape index (κ1) is 11.3. The van der Waals surface area contributed by atoms with E-state index in [1.165, 1.54) is 0 Å². The number of rotatable bonds is 5. The number of ether oxygens (including phenoxy) is 1. The van der Waals surface area contributed by atoms with E-state index in [9.17, 15) is 0 Å². The van der Waals surface area contributed by atoms with Crippen molar-refractivity contribution in [3.05, 3.63) is 23.2 Å². The van der Waals surface area contributed by atoms with E-state index >= 15 is 0 Å². The summed E-state index contributed by atoms with van der Waals surface area (Å²) in [7, 11) is 0. The van der Waals surface area contributed by atoms with E-state index in [0.717, 1.165) is 30.1 Å². The van der Waals surface area contributed by atoms with Gasteiger partial charge in [-0.15, -0.1) is 0 Å². The molecular formula is C11H19NO2. The van der Waals surface area contributed by atoms with Crippen molar-refractivity contribution in [2.45, 2.75) is 33.2 Å². The van der Waals surface area contributed by atoms with Crippen LogP contribution >= 0.6 is 0 Å². The molecule has 1 atom stereocenters. The molecule has 0 saturated carbocycles. The summed E-state index contributed by atoms with van der Waals surface area (Å²) in [5.74, 6) is 1.80. The molecule has 0 aliphatic heterocycles. The molecule has 80 valence electrons. The Labute approximate surface area is 85.2 Å². The average Bonchev–Trinajstić information content (AvgIpc) is 2.45. The van der Waals surface area contributed by atoms with Gasteiger partial charge in [-0.2, -0.15) is 0 Å². The maximum Gasteiger partial charge on any atom is 0.105 e. The molecule has 1 unspecified atom stereocenters. The van der Waals surface area contributed by atoms with Crippen molar-refractivity contribution >= 4 is 0 Å². The zero-order valence-electron chi connectivity index (χ0n) is 9.17. The lowest BCUT2D eigenvalue weighted by molar-refractivity contribution is 0.121. The fourth-order valence-electron chi connectivity index (χ4n) is 1.46. The zero-order chi connectivity index (χ0) is 10.6. The summed E-state index contributed by atoms with van der Waals surface area (Å²) in [5.41, 5.74) is 7.02. The van der Waals surface area contributed by atoms with Crippen LogP contribution in [0.2, 0.25) is 0 Å². The monoisotopic (exact) mass is 197 g/mol. The van der Waals surface area contributed by atoms with Crippen molar-refractivity contribution in [1.82, 2.24) is 0 Å².